The second-order valence-corrected chi connectivity index (χ2v) is 14.5. The summed E-state index contributed by atoms with van der Waals surface area (Å²) in [4.78, 5) is 26.8. The van der Waals surface area contributed by atoms with Gasteiger partial charge in [0.05, 0.1) is 0 Å². The van der Waals surface area contributed by atoms with Crippen LogP contribution in [0.3, 0.4) is 0 Å². The van der Waals surface area contributed by atoms with Crippen molar-refractivity contribution in [3.05, 3.63) is 83.9 Å². The Bertz CT molecular complexity index is 1040. The molecule has 0 unspecified atom stereocenters. The van der Waals surface area contributed by atoms with Crippen LogP contribution in [0, 0.1) is 5.92 Å². The van der Waals surface area contributed by atoms with E-state index in [9.17, 15) is 9.59 Å². The van der Waals surface area contributed by atoms with Crippen molar-refractivity contribution in [3.63, 3.8) is 0 Å². The first kappa shape index (κ1) is 24.2. The second-order valence-electron chi connectivity index (χ2n) is 10.1. The van der Waals surface area contributed by atoms with Crippen LogP contribution in [0.25, 0.3) is 0 Å². The molecular formula is C27H33NO5Si. The highest BCUT2D eigenvalue weighted by Gasteiger charge is 2.64. The number of nitrogens with one attached hydrogen (secondary N) is 1. The van der Waals surface area contributed by atoms with E-state index in [1.54, 1.807) is 0 Å². The largest absolute Gasteiger partial charge is 0.459 e. The first-order valence-corrected chi connectivity index (χ1v) is 15.2. The van der Waals surface area contributed by atoms with Crippen LogP contribution < -0.4 is 5.32 Å². The van der Waals surface area contributed by atoms with E-state index in [1.165, 1.54) is 0 Å². The highest BCUT2D eigenvalue weighted by molar-refractivity contribution is 6.69. The normalized spacial score (nSPS) is 25.6. The molecule has 6 nitrogen and oxygen atoms in total. The minimum atomic E-state index is -2.11. The fourth-order valence-corrected chi connectivity index (χ4v) is 6.36. The topological polar surface area (TPSA) is 73.9 Å². The van der Waals surface area contributed by atoms with Gasteiger partial charge in [-0.3, -0.25) is 0 Å². The molecule has 2 aromatic rings. The summed E-state index contributed by atoms with van der Waals surface area (Å²) in [6, 6.07) is 19.0. The molecule has 1 saturated carbocycles. The smallest absolute Gasteiger partial charge is 0.408 e. The Kier molecular flexibility index (Phi) is 6.95. The number of hydrogen-bond acceptors (Lipinski definition) is 5. The maximum atomic E-state index is 13.8. The first-order chi connectivity index (χ1) is 16.2. The predicted octanol–water partition coefficient (Wildman–Crippen LogP) is 5.36. The minimum absolute atomic E-state index is 0.114. The summed E-state index contributed by atoms with van der Waals surface area (Å²) in [5.74, 6) is -0.328. The minimum Gasteiger partial charge on any atom is -0.459 e. The van der Waals surface area contributed by atoms with E-state index in [2.05, 4.69) is 31.0 Å². The molecule has 3 aliphatic rings. The number of carbonyl (C=O) groups is 2. The summed E-state index contributed by atoms with van der Waals surface area (Å²) in [6.07, 6.45) is 5.39. The Morgan fingerprint density at radius 2 is 1.53 bits per heavy atom. The lowest BCUT2D eigenvalue weighted by Crippen LogP contribution is -2.74. The van der Waals surface area contributed by atoms with Crippen LogP contribution in [-0.4, -0.2) is 31.5 Å². The van der Waals surface area contributed by atoms with E-state index in [0.29, 0.717) is 12.8 Å². The number of alkyl carbamates (subject to hydrolysis) is 1. The van der Waals surface area contributed by atoms with Gasteiger partial charge >= 0.3 is 12.1 Å². The molecule has 1 fully saturated rings. The molecule has 0 saturated heterocycles. The summed E-state index contributed by atoms with van der Waals surface area (Å²) in [5, 5.41) is 2.94. The third-order valence-electron chi connectivity index (χ3n) is 6.39. The zero-order chi connectivity index (χ0) is 24.2. The van der Waals surface area contributed by atoms with E-state index >= 15 is 0 Å². The van der Waals surface area contributed by atoms with E-state index in [-0.39, 0.29) is 19.1 Å². The molecule has 2 aromatic carbocycles. The van der Waals surface area contributed by atoms with E-state index in [1.807, 2.05) is 66.7 Å². The summed E-state index contributed by atoms with van der Waals surface area (Å²) in [7, 11) is -2.11. The molecule has 1 amide bonds. The van der Waals surface area contributed by atoms with Crippen LogP contribution in [0.15, 0.2) is 72.8 Å². The number of allylic oxidation sites excluding steroid dienone is 1. The van der Waals surface area contributed by atoms with Crippen molar-refractivity contribution in [2.24, 2.45) is 5.92 Å². The lowest BCUT2D eigenvalue weighted by Gasteiger charge is -2.56. The number of rotatable bonds is 8. The standard InChI is InChI=1S/C27H33NO5Si/c1-34(2,3)33-26-16-14-21(15-17-26)18-27(26,24(29)31-19-22-10-6-4-7-11-22)28-25(30)32-20-23-12-8-5-9-13-23/h4-14,16,21H,15,17-20H2,1-3H3,(H,28,30)/t21-,26-,27-/m0/s1. The third kappa shape index (κ3) is 5.26. The maximum Gasteiger partial charge on any atom is 0.408 e. The number of amides is 1. The van der Waals surface area contributed by atoms with Crippen molar-refractivity contribution in [2.75, 3.05) is 0 Å². The highest BCUT2D eigenvalue weighted by Crippen LogP contribution is 2.50. The molecule has 0 heterocycles. The quantitative estimate of drug-likeness (QED) is 0.314. The zero-order valence-corrected chi connectivity index (χ0v) is 21.1. The monoisotopic (exact) mass is 479 g/mol. The van der Waals surface area contributed by atoms with Gasteiger partial charge in [-0.25, -0.2) is 9.59 Å². The molecule has 0 aliphatic heterocycles. The molecule has 34 heavy (non-hydrogen) atoms. The number of esters is 1. The van der Waals surface area contributed by atoms with E-state index in [4.69, 9.17) is 13.9 Å². The number of ether oxygens (including phenoxy) is 2. The van der Waals surface area contributed by atoms with Gasteiger partial charge in [-0.05, 0) is 55.9 Å². The van der Waals surface area contributed by atoms with Crippen molar-refractivity contribution >= 4 is 20.4 Å². The van der Waals surface area contributed by atoms with Gasteiger partial charge < -0.3 is 19.2 Å². The molecule has 0 aromatic heterocycles. The Hall–Kier alpha value is -2.90. The molecule has 3 atom stereocenters. The molecule has 180 valence electrons. The van der Waals surface area contributed by atoms with Crippen LogP contribution in [0.5, 0.6) is 0 Å². The maximum absolute atomic E-state index is 13.8. The highest BCUT2D eigenvalue weighted by atomic mass is 28.4. The van der Waals surface area contributed by atoms with Crippen molar-refractivity contribution in [1.82, 2.24) is 5.32 Å². The third-order valence-corrected chi connectivity index (χ3v) is 7.37. The SMILES string of the molecule is C[Si](C)(C)O[C@@]12C=C[C@@H](CC1)C[C@]2(NC(=O)OCc1ccccc1)C(=O)OCc1ccccc1. The van der Waals surface area contributed by atoms with Gasteiger partial charge in [0.2, 0.25) is 0 Å². The van der Waals surface area contributed by atoms with Crippen molar-refractivity contribution in [3.8, 4) is 0 Å². The Morgan fingerprint density at radius 3 is 2.06 bits per heavy atom. The molecule has 7 heteroatoms. The fraction of sp³-hybridized carbons (Fsp3) is 0.407. The second kappa shape index (κ2) is 9.76. The Morgan fingerprint density at radius 1 is 0.941 bits per heavy atom. The van der Waals surface area contributed by atoms with Crippen LogP contribution in [0.4, 0.5) is 4.79 Å². The average Bonchev–Trinajstić information content (AvgIpc) is 2.82. The van der Waals surface area contributed by atoms with E-state index < -0.39 is 31.5 Å². The zero-order valence-electron chi connectivity index (χ0n) is 20.1. The van der Waals surface area contributed by atoms with Gasteiger partial charge in [0, 0.05) is 0 Å². The van der Waals surface area contributed by atoms with Gasteiger partial charge in [-0.1, -0.05) is 72.8 Å². The van der Waals surface area contributed by atoms with E-state index in [0.717, 1.165) is 17.5 Å². The number of hydrogen-bond donors (Lipinski definition) is 1. The van der Waals surface area contributed by atoms with Gasteiger partial charge in [-0.15, -0.1) is 0 Å². The predicted molar refractivity (Wildman–Crippen MR) is 132 cm³/mol. The van der Waals surface area contributed by atoms with Gasteiger partial charge in [-0.2, -0.15) is 0 Å². The lowest BCUT2D eigenvalue weighted by atomic mass is 9.61. The number of benzene rings is 2. The summed E-state index contributed by atoms with van der Waals surface area (Å²) >= 11 is 0. The molecule has 1 N–H and O–H groups in total. The van der Waals surface area contributed by atoms with Crippen LogP contribution >= 0.6 is 0 Å². The van der Waals surface area contributed by atoms with Crippen molar-refractivity contribution < 1.29 is 23.5 Å². The molecule has 0 radical (unpaired) electrons. The van der Waals surface area contributed by atoms with Crippen LogP contribution in [0.2, 0.25) is 19.6 Å². The average molecular weight is 480 g/mol. The van der Waals surface area contributed by atoms with Gasteiger partial charge in [0.1, 0.15) is 18.8 Å². The van der Waals surface area contributed by atoms with Gasteiger partial charge in [0.25, 0.3) is 0 Å². The van der Waals surface area contributed by atoms with Crippen molar-refractivity contribution in [2.45, 2.75) is 63.3 Å². The summed E-state index contributed by atoms with van der Waals surface area (Å²) in [5.41, 5.74) is -0.565. The van der Waals surface area contributed by atoms with Crippen molar-refractivity contribution in [1.29, 1.82) is 0 Å². The van der Waals surface area contributed by atoms with Crippen LogP contribution in [-0.2, 0) is 31.9 Å². The number of fused-ring (bicyclic) bond motifs is 2. The van der Waals surface area contributed by atoms with Crippen LogP contribution in [0.1, 0.15) is 30.4 Å². The first-order valence-electron chi connectivity index (χ1n) is 11.8. The molecular weight excluding hydrogens is 446 g/mol. The fourth-order valence-electron chi connectivity index (χ4n) is 4.92. The molecule has 5 rings (SSSR count). The lowest BCUT2D eigenvalue weighted by molar-refractivity contribution is -0.167. The summed E-state index contributed by atoms with van der Waals surface area (Å²) < 4.78 is 18.0. The molecule has 3 aliphatic carbocycles. The number of carbonyl (C=O) groups excluding carboxylic acids is 2. The molecule has 0 spiro atoms. The Labute approximate surface area is 202 Å². The summed E-state index contributed by atoms with van der Waals surface area (Å²) in [6.45, 7) is 6.50. The molecule has 2 bridgehead atoms. The van der Waals surface area contributed by atoms with Gasteiger partial charge in [0.15, 0.2) is 13.9 Å². The Balaban J connectivity index is 1.60.